The quantitative estimate of drug-likeness (QED) is 0.381. The minimum Gasteiger partial charge on any atom is -0.494 e. The second-order valence-corrected chi connectivity index (χ2v) is 6.17. The van der Waals surface area contributed by atoms with E-state index in [0.717, 1.165) is 24.8 Å². The Labute approximate surface area is 173 Å². The number of carbonyl (C=O) groups is 1. The molecule has 0 atom stereocenters. The fraction of sp³-hybridized carbons (Fsp3) is 0.300. The molecule has 2 aromatic carbocycles. The molecule has 2 aromatic rings. The number of nitro groups is 1. The van der Waals surface area contributed by atoms with Crippen LogP contribution in [-0.2, 0) is 4.79 Å². The van der Waals surface area contributed by atoms with Gasteiger partial charge in [0.15, 0.2) is 0 Å². The third-order valence-electron chi connectivity index (χ3n) is 4.29. The van der Waals surface area contributed by atoms with Crippen molar-refractivity contribution in [2.75, 3.05) is 30.4 Å². The Kier molecular flexibility index (Phi) is 7.41. The van der Waals surface area contributed by atoms with E-state index in [1.54, 1.807) is 12.1 Å². The number of azo groups is 1. The number of hydrogen-bond acceptors (Lipinski definition) is 8. The van der Waals surface area contributed by atoms with Gasteiger partial charge < -0.3 is 15.0 Å². The lowest BCUT2D eigenvalue weighted by Crippen LogP contribution is -2.22. The van der Waals surface area contributed by atoms with Crippen LogP contribution in [0.2, 0.25) is 0 Å². The summed E-state index contributed by atoms with van der Waals surface area (Å²) in [5, 5.41) is 31.1. The molecule has 30 heavy (non-hydrogen) atoms. The lowest BCUT2D eigenvalue weighted by Gasteiger charge is -2.24. The van der Waals surface area contributed by atoms with E-state index in [1.165, 1.54) is 26.2 Å². The summed E-state index contributed by atoms with van der Waals surface area (Å²) in [5.74, 6) is 0.265. The summed E-state index contributed by atoms with van der Waals surface area (Å²) in [6, 6.07) is 8.99. The second kappa shape index (κ2) is 9.97. The maximum absolute atomic E-state index is 11.7. The van der Waals surface area contributed by atoms with E-state index in [2.05, 4.69) is 20.4 Å². The van der Waals surface area contributed by atoms with Crippen molar-refractivity contribution in [2.24, 2.45) is 10.2 Å². The van der Waals surface area contributed by atoms with Crippen molar-refractivity contribution >= 4 is 34.3 Å². The summed E-state index contributed by atoms with van der Waals surface area (Å²) < 4.78 is 5.49. The van der Waals surface area contributed by atoms with Gasteiger partial charge in [-0.3, -0.25) is 14.9 Å². The number of nitro benzene ring substituents is 1. The van der Waals surface area contributed by atoms with Gasteiger partial charge in [0.05, 0.1) is 29.0 Å². The van der Waals surface area contributed by atoms with E-state index in [0.29, 0.717) is 17.1 Å². The molecule has 1 N–H and O–H groups in total. The van der Waals surface area contributed by atoms with Gasteiger partial charge in [0, 0.05) is 38.2 Å². The van der Waals surface area contributed by atoms with Crippen LogP contribution in [0.3, 0.4) is 0 Å². The average molecular weight is 410 g/mol. The summed E-state index contributed by atoms with van der Waals surface area (Å²) in [6.07, 6.45) is 0. The van der Waals surface area contributed by atoms with Gasteiger partial charge in [-0.15, -0.1) is 10.2 Å². The zero-order valence-corrected chi connectivity index (χ0v) is 17.2. The van der Waals surface area contributed by atoms with E-state index in [4.69, 9.17) is 4.74 Å². The number of amides is 1. The highest BCUT2D eigenvalue weighted by molar-refractivity contribution is 5.93. The Balaban J connectivity index is 2.56. The molecule has 0 radical (unpaired) electrons. The summed E-state index contributed by atoms with van der Waals surface area (Å²) in [7, 11) is 1.53. The fourth-order valence-electron chi connectivity index (χ4n) is 2.83. The minimum atomic E-state index is -0.590. The van der Waals surface area contributed by atoms with E-state index in [1.807, 2.05) is 19.9 Å². The van der Waals surface area contributed by atoms with Gasteiger partial charge in [0.25, 0.3) is 5.69 Å². The number of ether oxygens (including phenoxy) is 1. The molecule has 0 saturated carbocycles. The van der Waals surface area contributed by atoms with Crippen LogP contribution in [0.5, 0.6) is 5.75 Å². The van der Waals surface area contributed by atoms with Crippen LogP contribution in [0.4, 0.5) is 28.4 Å². The first-order valence-corrected chi connectivity index (χ1v) is 9.19. The van der Waals surface area contributed by atoms with Crippen molar-refractivity contribution in [3.8, 4) is 11.8 Å². The highest BCUT2D eigenvalue weighted by Crippen LogP contribution is 2.39. The lowest BCUT2D eigenvalue weighted by atomic mass is 10.2. The number of nitrogens with zero attached hydrogens (tertiary/aromatic N) is 5. The first-order chi connectivity index (χ1) is 14.3. The number of anilines is 2. The number of non-ortho nitro benzene ring substituents is 1. The summed E-state index contributed by atoms with van der Waals surface area (Å²) in [6.45, 7) is 6.87. The van der Waals surface area contributed by atoms with E-state index >= 15 is 0 Å². The van der Waals surface area contributed by atoms with Gasteiger partial charge in [0.2, 0.25) is 5.91 Å². The predicted octanol–water partition coefficient (Wildman–Crippen LogP) is 4.70. The highest BCUT2D eigenvalue weighted by Gasteiger charge is 2.16. The third kappa shape index (κ3) is 5.08. The van der Waals surface area contributed by atoms with Crippen LogP contribution in [0.25, 0.3) is 0 Å². The maximum Gasteiger partial charge on any atom is 0.270 e. The molecule has 0 heterocycles. The minimum absolute atomic E-state index is 0.0146. The van der Waals surface area contributed by atoms with E-state index in [9.17, 15) is 20.2 Å². The van der Waals surface area contributed by atoms with Gasteiger partial charge in [-0.2, -0.15) is 5.26 Å². The topological polar surface area (TPSA) is 133 Å². The van der Waals surface area contributed by atoms with Crippen LogP contribution < -0.4 is 15.0 Å². The Morgan fingerprint density at radius 1 is 1.23 bits per heavy atom. The summed E-state index contributed by atoms with van der Waals surface area (Å²) in [5.41, 5.74) is 1.51. The van der Waals surface area contributed by atoms with Crippen molar-refractivity contribution in [1.29, 1.82) is 5.26 Å². The summed E-state index contributed by atoms with van der Waals surface area (Å²) in [4.78, 5) is 24.1. The van der Waals surface area contributed by atoms with Gasteiger partial charge >= 0.3 is 0 Å². The molecular weight excluding hydrogens is 388 g/mol. The highest BCUT2D eigenvalue weighted by atomic mass is 16.6. The number of rotatable bonds is 8. The molecule has 0 aliphatic heterocycles. The Hall–Kier alpha value is -4.00. The van der Waals surface area contributed by atoms with E-state index < -0.39 is 4.92 Å². The number of benzene rings is 2. The van der Waals surface area contributed by atoms with Crippen LogP contribution in [0.15, 0.2) is 40.6 Å². The van der Waals surface area contributed by atoms with Gasteiger partial charge in [-0.25, -0.2) is 0 Å². The van der Waals surface area contributed by atoms with Gasteiger partial charge in [-0.1, -0.05) is 0 Å². The summed E-state index contributed by atoms with van der Waals surface area (Å²) >= 11 is 0. The molecule has 10 heteroatoms. The Morgan fingerprint density at radius 2 is 1.90 bits per heavy atom. The molecule has 0 aliphatic rings. The molecule has 0 unspecified atom stereocenters. The monoisotopic (exact) mass is 410 g/mol. The van der Waals surface area contributed by atoms with Crippen LogP contribution >= 0.6 is 0 Å². The number of methoxy groups -OCH3 is 1. The zero-order valence-electron chi connectivity index (χ0n) is 17.2. The predicted molar refractivity (Wildman–Crippen MR) is 113 cm³/mol. The second-order valence-electron chi connectivity index (χ2n) is 6.17. The van der Waals surface area contributed by atoms with Crippen molar-refractivity contribution in [3.63, 3.8) is 0 Å². The molecule has 2 rings (SSSR count). The third-order valence-corrected chi connectivity index (χ3v) is 4.29. The van der Waals surface area contributed by atoms with Crippen LogP contribution in [-0.4, -0.2) is 31.0 Å². The first-order valence-electron chi connectivity index (χ1n) is 9.19. The van der Waals surface area contributed by atoms with Crippen molar-refractivity contribution < 1.29 is 14.5 Å². The molecular formula is C20H22N6O4. The molecule has 156 valence electrons. The molecule has 0 saturated heterocycles. The van der Waals surface area contributed by atoms with E-state index in [-0.39, 0.29) is 22.8 Å². The zero-order chi connectivity index (χ0) is 22.3. The number of carbonyl (C=O) groups excluding carboxylic acids is 1. The number of nitrogens with one attached hydrogen (secondary N) is 1. The maximum atomic E-state index is 11.7. The number of hydrogen-bond donors (Lipinski definition) is 1. The number of nitriles is 1. The SMILES string of the molecule is CCN(CC)c1cc(NC(C)=O)c(N=Nc2ccc([N+](=O)[O-])cc2C#N)cc1OC. The largest absolute Gasteiger partial charge is 0.494 e. The van der Waals surface area contributed by atoms with Gasteiger partial charge in [-0.05, 0) is 26.0 Å². The average Bonchev–Trinajstić information content (AvgIpc) is 2.73. The van der Waals surface area contributed by atoms with Crippen molar-refractivity contribution in [2.45, 2.75) is 20.8 Å². The first kappa shape index (κ1) is 22.3. The molecule has 0 fully saturated rings. The van der Waals surface area contributed by atoms with Crippen molar-refractivity contribution in [3.05, 3.63) is 46.0 Å². The molecule has 0 aliphatic carbocycles. The molecule has 0 aromatic heterocycles. The van der Waals surface area contributed by atoms with Crippen LogP contribution in [0.1, 0.15) is 26.3 Å². The Bertz CT molecular complexity index is 1020. The van der Waals surface area contributed by atoms with Crippen LogP contribution in [0, 0.1) is 21.4 Å². The fourth-order valence-corrected chi connectivity index (χ4v) is 2.83. The van der Waals surface area contributed by atoms with Gasteiger partial charge in [0.1, 0.15) is 23.2 Å². The molecule has 0 bridgehead atoms. The molecule has 1 amide bonds. The van der Waals surface area contributed by atoms with Crippen molar-refractivity contribution in [1.82, 2.24) is 0 Å². The Morgan fingerprint density at radius 3 is 2.43 bits per heavy atom. The molecule has 10 nitrogen and oxygen atoms in total. The molecule has 0 spiro atoms. The normalized spacial score (nSPS) is 10.5. The smallest absolute Gasteiger partial charge is 0.270 e. The standard InChI is InChI=1S/C20H22N6O4/c1-5-25(6-2)19-10-17(22-13(3)27)18(11-20(19)30-4)24-23-16-8-7-15(26(28)29)9-14(16)12-21/h7-11H,5-6H2,1-4H3,(H,22,27). The lowest BCUT2D eigenvalue weighted by molar-refractivity contribution is -0.384.